The Bertz CT molecular complexity index is 723. The normalized spacial score (nSPS) is 11.8. The molecule has 0 heterocycles. The van der Waals surface area contributed by atoms with E-state index < -0.39 is 5.97 Å². The molecule has 0 saturated carbocycles. The summed E-state index contributed by atoms with van der Waals surface area (Å²) in [5, 5.41) is 1.97. The maximum atomic E-state index is 11.3. The van der Waals surface area contributed by atoms with Gasteiger partial charge in [0.05, 0.1) is 0 Å². The molecule has 0 aliphatic heterocycles. The van der Waals surface area contributed by atoms with E-state index in [-0.39, 0.29) is 19.5 Å². The van der Waals surface area contributed by atoms with E-state index in [2.05, 4.69) is 6.58 Å². The summed E-state index contributed by atoms with van der Waals surface area (Å²) >= 11 is 0. The highest BCUT2D eigenvalue weighted by atomic mass is 16.7. The molecule has 5 nitrogen and oxygen atoms in total. The van der Waals surface area contributed by atoms with E-state index in [4.69, 9.17) is 18.9 Å². The molecule has 0 aliphatic carbocycles. The van der Waals surface area contributed by atoms with Gasteiger partial charge >= 0.3 is 5.97 Å². The molecule has 5 heteroatoms. The van der Waals surface area contributed by atoms with Gasteiger partial charge in [-0.05, 0) is 43.5 Å². The van der Waals surface area contributed by atoms with Crippen LogP contribution in [0.1, 0.15) is 13.8 Å². The lowest BCUT2D eigenvalue weighted by Crippen LogP contribution is -2.13. The SMILES string of the molecule is C=C(C)C(=O)OCCOc1ccc2c(OC(C)OC)cccc2c1. The van der Waals surface area contributed by atoms with E-state index in [9.17, 15) is 4.79 Å². The molecule has 0 amide bonds. The van der Waals surface area contributed by atoms with Crippen molar-refractivity contribution >= 4 is 16.7 Å². The van der Waals surface area contributed by atoms with Crippen LogP contribution in [0, 0.1) is 0 Å². The van der Waals surface area contributed by atoms with E-state index in [1.807, 2.05) is 43.3 Å². The lowest BCUT2D eigenvalue weighted by atomic mass is 10.1. The molecule has 0 radical (unpaired) electrons. The van der Waals surface area contributed by atoms with Crippen molar-refractivity contribution in [2.45, 2.75) is 20.1 Å². The zero-order chi connectivity index (χ0) is 17.5. The highest BCUT2D eigenvalue weighted by Crippen LogP contribution is 2.29. The first-order valence-electron chi connectivity index (χ1n) is 7.69. The molecule has 128 valence electrons. The van der Waals surface area contributed by atoms with E-state index >= 15 is 0 Å². The molecule has 0 N–H and O–H groups in total. The number of ether oxygens (including phenoxy) is 4. The van der Waals surface area contributed by atoms with Crippen LogP contribution < -0.4 is 9.47 Å². The average molecular weight is 330 g/mol. The second-order valence-electron chi connectivity index (χ2n) is 5.32. The molecule has 0 saturated heterocycles. The molecule has 2 rings (SSSR count). The van der Waals surface area contributed by atoms with Gasteiger partial charge in [-0.2, -0.15) is 0 Å². The van der Waals surface area contributed by atoms with Gasteiger partial charge in [0.2, 0.25) is 0 Å². The first-order chi connectivity index (χ1) is 11.5. The third kappa shape index (κ3) is 4.73. The molecule has 2 aromatic carbocycles. The Morgan fingerprint density at radius 2 is 2.00 bits per heavy atom. The number of carbonyl (C=O) groups excluding carboxylic acids is 1. The molecule has 0 bridgehead atoms. The third-order valence-electron chi connectivity index (χ3n) is 3.37. The smallest absolute Gasteiger partial charge is 0.333 e. The predicted octanol–water partition coefficient (Wildman–Crippen LogP) is 3.71. The van der Waals surface area contributed by atoms with Crippen LogP contribution in [0.15, 0.2) is 48.6 Å². The van der Waals surface area contributed by atoms with E-state index in [1.165, 1.54) is 0 Å². The van der Waals surface area contributed by atoms with E-state index in [0.29, 0.717) is 11.3 Å². The number of fused-ring (bicyclic) bond motifs is 1. The van der Waals surface area contributed by atoms with Crippen LogP contribution in [0.2, 0.25) is 0 Å². The monoisotopic (exact) mass is 330 g/mol. The molecule has 0 spiro atoms. The highest BCUT2D eigenvalue weighted by molar-refractivity contribution is 5.89. The fourth-order valence-electron chi connectivity index (χ4n) is 2.07. The van der Waals surface area contributed by atoms with Crippen molar-refractivity contribution < 1.29 is 23.7 Å². The predicted molar refractivity (Wildman–Crippen MR) is 92.3 cm³/mol. The van der Waals surface area contributed by atoms with Crippen LogP contribution in [0.5, 0.6) is 11.5 Å². The zero-order valence-corrected chi connectivity index (χ0v) is 14.2. The van der Waals surface area contributed by atoms with Crippen molar-refractivity contribution in [3.05, 3.63) is 48.6 Å². The number of carbonyl (C=O) groups is 1. The van der Waals surface area contributed by atoms with Crippen molar-refractivity contribution in [2.75, 3.05) is 20.3 Å². The molecule has 0 aliphatic rings. The minimum Gasteiger partial charge on any atom is -0.490 e. The van der Waals surface area contributed by atoms with Crippen molar-refractivity contribution in [1.82, 2.24) is 0 Å². The second-order valence-corrected chi connectivity index (χ2v) is 5.32. The summed E-state index contributed by atoms with van der Waals surface area (Å²) in [6, 6.07) is 11.5. The van der Waals surface area contributed by atoms with Crippen molar-refractivity contribution in [3.63, 3.8) is 0 Å². The van der Waals surface area contributed by atoms with Crippen LogP contribution in [0.25, 0.3) is 10.8 Å². The zero-order valence-electron chi connectivity index (χ0n) is 14.2. The Labute approximate surface area is 141 Å². The number of esters is 1. The van der Waals surface area contributed by atoms with Crippen molar-refractivity contribution in [3.8, 4) is 11.5 Å². The first kappa shape index (κ1) is 17.8. The summed E-state index contributed by atoms with van der Waals surface area (Å²) in [5.74, 6) is 1.04. The molecular weight excluding hydrogens is 308 g/mol. The third-order valence-corrected chi connectivity index (χ3v) is 3.37. The number of hydrogen-bond donors (Lipinski definition) is 0. The number of rotatable bonds is 8. The number of benzene rings is 2. The second kappa shape index (κ2) is 8.36. The molecule has 1 atom stereocenters. The summed E-state index contributed by atoms with van der Waals surface area (Å²) in [7, 11) is 1.60. The lowest BCUT2D eigenvalue weighted by Gasteiger charge is -2.15. The van der Waals surface area contributed by atoms with Crippen LogP contribution in [0.3, 0.4) is 0 Å². The first-order valence-corrected chi connectivity index (χ1v) is 7.69. The van der Waals surface area contributed by atoms with Gasteiger partial charge in [-0.25, -0.2) is 4.79 Å². The highest BCUT2D eigenvalue weighted by Gasteiger charge is 2.07. The Hall–Kier alpha value is -2.53. The van der Waals surface area contributed by atoms with Crippen LogP contribution in [-0.4, -0.2) is 32.6 Å². The minimum atomic E-state index is -0.411. The largest absolute Gasteiger partial charge is 0.490 e. The Morgan fingerprint density at radius 1 is 1.21 bits per heavy atom. The number of hydrogen-bond acceptors (Lipinski definition) is 5. The standard InChI is InChI=1S/C19H22O5/c1-13(2)19(20)23-11-10-22-16-8-9-17-15(12-16)6-5-7-18(17)24-14(3)21-4/h5-9,12,14H,1,10-11H2,2-4H3. The van der Waals surface area contributed by atoms with Crippen LogP contribution in [-0.2, 0) is 14.3 Å². The Kier molecular flexibility index (Phi) is 6.21. The summed E-state index contributed by atoms with van der Waals surface area (Å²) in [6.45, 7) is 7.43. The van der Waals surface area contributed by atoms with Crippen molar-refractivity contribution in [2.24, 2.45) is 0 Å². The van der Waals surface area contributed by atoms with Gasteiger partial charge in [0.1, 0.15) is 24.7 Å². The van der Waals surface area contributed by atoms with E-state index in [1.54, 1.807) is 14.0 Å². The number of methoxy groups -OCH3 is 1. The maximum absolute atomic E-state index is 11.3. The quantitative estimate of drug-likeness (QED) is 0.320. The van der Waals surface area contributed by atoms with Crippen LogP contribution in [0.4, 0.5) is 0 Å². The minimum absolute atomic E-state index is 0.179. The van der Waals surface area contributed by atoms with Gasteiger partial charge in [-0.3, -0.25) is 0 Å². The molecular formula is C19H22O5. The van der Waals surface area contributed by atoms with Gasteiger partial charge in [0, 0.05) is 18.1 Å². The van der Waals surface area contributed by atoms with Gasteiger partial charge < -0.3 is 18.9 Å². The average Bonchev–Trinajstić information content (AvgIpc) is 2.58. The molecule has 1 unspecified atom stereocenters. The summed E-state index contributed by atoms with van der Waals surface area (Å²) in [5.41, 5.74) is 0.374. The van der Waals surface area contributed by atoms with Crippen molar-refractivity contribution in [1.29, 1.82) is 0 Å². The fraction of sp³-hybridized carbons (Fsp3) is 0.316. The summed E-state index contributed by atoms with van der Waals surface area (Å²) < 4.78 is 21.5. The van der Waals surface area contributed by atoms with Crippen LogP contribution >= 0.6 is 0 Å². The Morgan fingerprint density at radius 3 is 2.71 bits per heavy atom. The van der Waals surface area contributed by atoms with Gasteiger partial charge in [0.15, 0.2) is 6.29 Å². The van der Waals surface area contributed by atoms with Gasteiger partial charge in [-0.15, -0.1) is 0 Å². The topological polar surface area (TPSA) is 54.0 Å². The molecule has 0 aromatic heterocycles. The molecule has 0 fully saturated rings. The maximum Gasteiger partial charge on any atom is 0.333 e. The lowest BCUT2D eigenvalue weighted by molar-refractivity contribution is -0.139. The molecule has 24 heavy (non-hydrogen) atoms. The molecule has 2 aromatic rings. The fourth-order valence-corrected chi connectivity index (χ4v) is 2.07. The summed E-state index contributed by atoms with van der Waals surface area (Å²) in [6.07, 6.45) is -0.325. The van der Waals surface area contributed by atoms with Gasteiger partial charge in [-0.1, -0.05) is 18.7 Å². The van der Waals surface area contributed by atoms with E-state index in [0.717, 1.165) is 16.5 Å². The Balaban J connectivity index is 2.01. The summed E-state index contributed by atoms with van der Waals surface area (Å²) in [4.78, 5) is 11.3. The van der Waals surface area contributed by atoms with Gasteiger partial charge in [0.25, 0.3) is 0 Å².